The van der Waals surface area contributed by atoms with Gasteiger partial charge in [-0.15, -0.1) is 15.3 Å². The van der Waals surface area contributed by atoms with Crippen LogP contribution in [0.4, 0.5) is 5.82 Å². The number of rotatable bonds is 3. The highest BCUT2D eigenvalue weighted by atomic mass is 79.9. The van der Waals surface area contributed by atoms with Crippen molar-refractivity contribution in [3.05, 3.63) is 52.8 Å². The predicted octanol–water partition coefficient (Wildman–Crippen LogP) is 2.33. The smallest absolute Gasteiger partial charge is 0.177 e. The zero-order valence-electron chi connectivity index (χ0n) is 9.73. The first-order chi connectivity index (χ1) is 9.31. The van der Waals surface area contributed by atoms with Crippen LogP contribution in [0.2, 0.25) is 0 Å². The molecule has 2 aromatic heterocycles. The van der Waals surface area contributed by atoms with Crippen molar-refractivity contribution in [2.75, 3.05) is 5.43 Å². The minimum Gasteiger partial charge on any atom is -0.260 e. The molecule has 3 rings (SSSR count). The minimum absolute atomic E-state index is 0.624. The van der Waals surface area contributed by atoms with E-state index < -0.39 is 0 Å². The third-order valence-electron chi connectivity index (χ3n) is 2.40. The van der Waals surface area contributed by atoms with Crippen molar-refractivity contribution in [1.82, 2.24) is 19.8 Å². The molecule has 0 radical (unpaired) electrons. The van der Waals surface area contributed by atoms with Gasteiger partial charge in [-0.1, -0.05) is 28.1 Å². The quantitative estimate of drug-likeness (QED) is 0.595. The molecule has 3 aromatic rings. The molecule has 0 spiro atoms. The standard InChI is InChI=1S/C12H9BrN6/c13-10-3-1-2-9(6-10)7-14-16-11-4-5-12-17-15-8-19(12)18-11/h1-8H,(H,16,18)/b14-7+. The molecule has 19 heavy (non-hydrogen) atoms. The molecule has 0 bridgehead atoms. The average molecular weight is 317 g/mol. The predicted molar refractivity (Wildman–Crippen MR) is 76.1 cm³/mol. The molecule has 6 nitrogen and oxygen atoms in total. The molecule has 0 atom stereocenters. The normalized spacial score (nSPS) is 11.2. The lowest BCUT2D eigenvalue weighted by molar-refractivity contribution is 0.925. The second-order valence-corrected chi connectivity index (χ2v) is 4.69. The molecule has 1 N–H and O–H groups in total. The van der Waals surface area contributed by atoms with E-state index in [1.165, 1.54) is 0 Å². The maximum absolute atomic E-state index is 4.24. The average Bonchev–Trinajstić information content (AvgIpc) is 2.86. The van der Waals surface area contributed by atoms with Gasteiger partial charge in [0.2, 0.25) is 0 Å². The van der Waals surface area contributed by atoms with Crippen molar-refractivity contribution in [2.45, 2.75) is 0 Å². The Kier molecular flexibility index (Phi) is 3.20. The zero-order valence-corrected chi connectivity index (χ0v) is 11.3. The van der Waals surface area contributed by atoms with Crippen LogP contribution in [0.3, 0.4) is 0 Å². The van der Waals surface area contributed by atoms with Crippen molar-refractivity contribution in [1.29, 1.82) is 0 Å². The summed E-state index contributed by atoms with van der Waals surface area (Å²) >= 11 is 3.41. The number of hydrazone groups is 1. The van der Waals surface area contributed by atoms with E-state index in [2.05, 4.69) is 41.8 Å². The first-order valence-corrected chi connectivity index (χ1v) is 6.32. The van der Waals surface area contributed by atoms with Crippen LogP contribution in [0.5, 0.6) is 0 Å². The number of halogens is 1. The van der Waals surface area contributed by atoms with Crippen molar-refractivity contribution in [3.8, 4) is 0 Å². The number of aromatic nitrogens is 4. The number of hydrogen-bond donors (Lipinski definition) is 1. The van der Waals surface area contributed by atoms with E-state index in [0.29, 0.717) is 11.5 Å². The minimum atomic E-state index is 0.624. The van der Waals surface area contributed by atoms with Gasteiger partial charge in [0.1, 0.15) is 6.33 Å². The van der Waals surface area contributed by atoms with Crippen LogP contribution in [0.25, 0.3) is 5.65 Å². The molecular formula is C12H9BrN6. The molecule has 0 aliphatic rings. The van der Waals surface area contributed by atoms with E-state index in [0.717, 1.165) is 10.0 Å². The molecule has 94 valence electrons. The molecule has 7 heteroatoms. The molecular weight excluding hydrogens is 308 g/mol. The van der Waals surface area contributed by atoms with Gasteiger partial charge in [0.05, 0.1) is 6.21 Å². The van der Waals surface area contributed by atoms with Crippen LogP contribution in [0.1, 0.15) is 5.56 Å². The highest BCUT2D eigenvalue weighted by Gasteiger charge is 1.97. The van der Waals surface area contributed by atoms with Gasteiger partial charge in [-0.25, -0.2) is 0 Å². The SMILES string of the molecule is Brc1cccc(/C=N/Nc2ccc3nncn3n2)c1. The fourth-order valence-electron chi connectivity index (χ4n) is 1.55. The fraction of sp³-hybridized carbons (Fsp3) is 0. The summed E-state index contributed by atoms with van der Waals surface area (Å²) < 4.78 is 2.59. The van der Waals surface area contributed by atoms with Crippen molar-refractivity contribution in [2.24, 2.45) is 5.10 Å². The van der Waals surface area contributed by atoms with Crippen LogP contribution in [-0.2, 0) is 0 Å². The van der Waals surface area contributed by atoms with Gasteiger partial charge in [-0.05, 0) is 29.8 Å². The topological polar surface area (TPSA) is 67.5 Å². The number of benzene rings is 1. The summed E-state index contributed by atoms with van der Waals surface area (Å²) in [4.78, 5) is 0. The van der Waals surface area contributed by atoms with Crippen molar-refractivity contribution in [3.63, 3.8) is 0 Å². The molecule has 1 aromatic carbocycles. The lowest BCUT2D eigenvalue weighted by atomic mass is 10.2. The summed E-state index contributed by atoms with van der Waals surface area (Å²) in [7, 11) is 0. The van der Waals surface area contributed by atoms with Crippen molar-refractivity contribution < 1.29 is 0 Å². The highest BCUT2D eigenvalue weighted by molar-refractivity contribution is 9.10. The first kappa shape index (κ1) is 11.8. The zero-order chi connectivity index (χ0) is 13.1. The molecule has 0 saturated heterocycles. The van der Waals surface area contributed by atoms with Gasteiger partial charge in [-0.3, -0.25) is 5.43 Å². The molecule has 0 fully saturated rings. The first-order valence-electron chi connectivity index (χ1n) is 5.53. The number of fused-ring (bicyclic) bond motifs is 1. The summed E-state index contributed by atoms with van der Waals surface area (Å²) in [6.07, 6.45) is 3.27. The largest absolute Gasteiger partial charge is 0.260 e. The Morgan fingerprint density at radius 1 is 1.26 bits per heavy atom. The van der Waals surface area contributed by atoms with E-state index >= 15 is 0 Å². The molecule has 0 unspecified atom stereocenters. The maximum atomic E-state index is 4.24. The van der Waals surface area contributed by atoms with Crippen LogP contribution in [-0.4, -0.2) is 26.0 Å². The monoisotopic (exact) mass is 316 g/mol. The summed E-state index contributed by atoms with van der Waals surface area (Å²) in [5.41, 5.74) is 4.55. The Bertz CT molecular complexity index is 736. The number of nitrogens with zero attached hydrogens (tertiary/aromatic N) is 5. The van der Waals surface area contributed by atoms with Crippen LogP contribution < -0.4 is 5.43 Å². The van der Waals surface area contributed by atoms with Crippen LogP contribution in [0.15, 0.2) is 52.3 Å². The third-order valence-corrected chi connectivity index (χ3v) is 2.90. The lowest BCUT2D eigenvalue weighted by Gasteiger charge is -1.99. The Hall–Kier alpha value is -2.28. The molecule has 0 amide bonds. The third kappa shape index (κ3) is 2.76. The van der Waals surface area contributed by atoms with Gasteiger partial charge in [-0.2, -0.15) is 9.62 Å². The second-order valence-electron chi connectivity index (χ2n) is 3.78. The summed E-state index contributed by atoms with van der Waals surface area (Å²) in [6, 6.07) is 11.5. The summed E-state index contributed by atoms with van der Waals surface area (Å²) in [6.45, 7) is 0. The second kappa shape index (κ2) is 5.15. The number of hydrogen-bond acceptors (Lipinski definition) is 5. The van der Waals surface area contributed by atoms with Gasteiger partial charge in [0.15, 0.2) is 11.5 Å². The maximum Gasteiger partial charge on any atom is 0.177 e. The van der Waals surface area contributed by atoms with Gasteiger partial charge in [0, 0.05) is 4.47 Å². The fourth-order valence-corrected chi connectivity index (χ4v) is 1.96. The summed E-state index contributed by atoms with van der Waals surface area (Å²) in [5, 5.41) is 16.0. The summed E-state index contributed by atoms with van der Waals surface area (Å²) in [5.74, 6) is 0.624. The van der Waals surface area contributed by atoms with Gasteiger partial charge in [0.25, 0.3) is 0 Å². The van der Waals surface area contributed by atoms with E-state index in [4.69, 9.17) is 0 Å². The molecule has 0 aliphatic heterocycles. The van der Waals surface area contributed by atoms with Crippen LogP contribution >= 0.6 is 15.9 Å². The van der Waals surface area contributed by atoms with Gasteiger partial charge >= 0.3 is 0 Å². The Morgan fingerprint density at radius 3 is 3.11 bits per heavy atom. The number of nitrogens with one attached hydrogen (secondary N) is 1. The molecule has 0 aliphatic carbocycles. The molecule has 2 heterocycles. The Morgan fingerprint density at radius 2 is 2.21 bits per heavy atom. The van der Waals surface area contributed by atoms with Gasteiger partial charge < -0.3 is 0 Å². The highest BCUT2D eigenvalue weighted by Crippen LogP contribution is 2.10. The molecule has 0 saturated carbocycles. The Balaban J connectivity index is 1.74. The van der Waals surface area contributed by atoms with E-state index in [1.807, 2.05) is 30.3 Å². The lowest BCUT2D eigenvalue weighted by Crippen LogP contribution is -1.98. The Labute approximate surface area is 117 Å². The van der Waals surface area contributed by atoms with Crippen LogP contribution in [0, 0.1) is 0 Å². The van der Waals surface area contributed by atoms with E-state index in [1.54, 1.807) is 23.1 Å². The van der Waals surface area contributed by atoms with Crippen molar-refractivity contribution >= 4 is 33.6 Å². The number of anilines is 1. The van der Waals surface area contributed by atoms with E-state index in [9.17, 15) is 0 Å². The van der Waals surface area contributed by atoms with E-state index in [-0.39, 0.29) is 0 Å².